The van der Waals surface area contributed by atoms with E-state index in [1.54, 1.807) is 12.3 Å². The topological polar surface area (TPSA) is 113 Å². The van der Waals surface area contributed by atoms with Gasteiger partial charge in [0.25, 0.3) is 5.91 Å². The maximum atomic E-state index is 11.6. The highest BCUT2D eigenvalue weighted by Gasteiger charge is 2.23. The fraction of sp³-hybridized carbons (Fsp3) is 0.176. The molecule has 2 aliphatic rings. The molecule has 0 radical (unpaired) electrons. The first kappa shape index (κ1) is 15.1. The number of amides is 3. The Hall–Kier alpha value is -3.42. The van der Waals surface area contributed by atoms with Gasteiger partial charge in [-0.2, -0.15) is 0 Å². The van der Waals surface area contributed by atoms with Gasteiger partial charge in [0, 0.05) is 25.0 Å². The first-order valence-electron chi connectivity index (χ1n) is 7.88. The van der Waals surface area contributed by atoms with Gasteiger partial charge in [-0.15, -0.1) is 0 Å². The number of nitrogens with zero attached hydrogens (tertiary/aromatic N) is 3. The minimum atomic E-state index is -0.532. The van der Waals surface area contributed by atoms with Gasteiger partial charge < -0.3 is 16.0 Å². The molecule has 3 heterocycles. The van der Waals surface area contributed by atoms with Crippen molar-refractivity contribution >= 4 is 29.7 Å². The first-order valence-corrected chi connectivity index (χ1v) is 7.88. The summed E-state index contributed by atoms with van der Waals surface area (Å²) >= 11 is 0. The summed E-state index contributed by atoms with van der Waals surface area (Å²) in [5, 5.41) is 4.60. The van der Waals surface area contributed by atoms with Crippen molar-refractivity contribution < 1.29 is 9.59 Å². The van der Waals surface area contributed by atoms with Crippen LogP contribution in [0.3, 0.4) is 0 Å². The van der Waals surface area contributed by atoms with E-state index in [4.69, 9.17) is 5.73 Å². The van der Waals surface area contributed by atoms with Crippen molar-refractivity contribution in [3.05, 3.63) is 53.0 Å². The molecule has 25 heavy (non-hydrogen) atoms. The third kappa shape index (κ3) is 2.89. The highest BCUT2D eigenvalue weighted by molar-refractivity contribution is 6.13. The molecule has 1 fully saturated rings. The molecule has 4 rings (SSSR count). The Bertz CT molecular complexity index is 908. The Labute approximate surface area is 143 Å². The Morgan fingerprint density at radius 1 is 1.20 bits per heavy atom. The van der Waals surface area contributed by atoms with Gasteiger partial charge in [-0.05, 0) is 35.8 Å². The lowest BCUT2D eigenvalue weighted by molar-refractivity contribution is -0.115. The Kier molecular flexibility index (Phi) is 3.57. The fourth-order valence-electron chi connectivity index (χ4n) is 3.03. The van der Waals surface area contributed by atoms with E-state index >= 15 is 0 Å². The van der Waals surface area contributed by atoms with Crippen molar-refractivity contribution in [3.8, 4) is 0 Å². The number of anilines is 2. The molecule has 1 aromatic heterocycles. The Balaban J connectivity index is 1.59. The monoisotopic (exact) mass is 336 g/mol. The van der Waals surface area contributed by atoms with Crippen molar-refractivity contribution in [1.29, 1.82) is 0 Å². The second-order valence-electron chi connectivity index (χ2n) is 5.90. The third-order valence-electron chi connectivity index (χ3n) is 4.26. The Morgan fingerprint density at radius 2 is 2.08 bits per heavy atom. The number of hydrogen-bond acceptors (Lipinski definition) is 6. The minimum absolute atomic E-state index is 0.173. The van der Waals surface area contributed by atoms with Crippen LogP contribution < -0.4 is 21.3 Å². The highest BCUT2D eigenvalue weighted by Crippen LogP contribution is 2.26. The Morgan fingerprint density at radius 3 is 2.88 bits per heavy atom. The van der Waals surface area contributed by atoms with E-state index in [0.29, 0.717) is 18.2 Å². The van der Waals surface area contributed by atoms with Crippen LogP contribution in [0.4, 0.5) is 16.4 Å². The van der Waals surface area contributed by atoms with Crippen LogP contribution in [-0.2, 0) is 17.8 Å². The molecule has 0 saturated carbocycles. The third-order valence-corrected chi connectivity index (χ3v) is 4.26. The van der Waals surface area contributed by atoms with Crippen LogP contribution in [0.15, 0.2) is 36.2 Å². The van der Waals surface area contributed by atoms with Crippen LogP contribution in [-0.4, -0.2) is 28.5 Å². The molecule has 0 unspecified atom stereocenters. The summed E-state index contributed by atoms with van der Waals surface area (Å²) in [5.41, 5.74) is 9.93. The van der Waals surface area contributed by atoms with Crippen LogP contribution in [0.5, 0.6) is 0 Å². The summed E-state index contributed by atoms with van der Waals surface area (Å²) in [5.74, 6) is 0.111. The van der Waals surface area contributed by atoms with E-state index < -0.39 is 11.9 Å². The van der Waals surface area contributed by atoms with Crippen molar-refractivity contribution in [2.24, 2.45) is 0 Å². The van der Waals surface area contributed by atoms with Crippen LogP contribution in [0.2, 0.25) is 0 Å². The number of aromatic nitrogens is 2. The van der Waals surface area contributed by atoms with Gasteiger partial charge in [-0.25, -0.2) is 14.8 Å². The van der Waals surface area contributed by atoms with Gasteiger partial charge in [0.1, 0.15) is 5.70 Å². The van der Waals surface area contributed by atoms with Crippen molar-refractivity contribution in [2.75, 3.05) is 17.2 Å². The quantitative estimate of drug-likeness (QED) is 0.425. The maximum absolute atomic E-state index is 11.6. The first-order chi connectivity index (χ1) is 12.1. The number of benzene rings is 1. The molecule has 4 N–H and O–H groups in total. The van der Waals surface area contributed by atoms with Gasteiger partial charge in [-0.3, -0.25) is 10.1 Å². The molecule has 2 aliphatic heterocycles. The number of nitrogens with one attached hydrogen (secondary N) is 2. The van der Waals surface area contributed by atoms with Gasteiger partial charge >= 0.3 is 6.03 Å². The standard InChI is InChI=1S/C17H16N6O2/c18-13-3-1-2-10-9-23(7-5-12(10)13)16-19-6-4-11(20-16)8-14-15(24)22-17(25)21-14/h1-4,6,8H,5,7,9,18H2,(H2,21,22,24,25)/b14-8-. The lowest BCUT2D eigenvalue weighted by atomic mass is 9.98. The number of carbonyl (C=O) groups is 2. The minimum Gasteiger partial charge on any atom is -0.398 e. The number of carbonyl (C=O) groups excluding carboxylic acids is 2. The summed E-state index contributed by atoms with van der Waals surface area (Å²) in [6, 6.07) is 7.07. The zero-order valence-corrected chi connectivity index (χ0v) is 13.3. The van der Waals surface area contributed by atoms with Crippen LogP contribution >= 0.6 is 0 Å². The number of rotatable bonds is 2. The number of nitrogen functional groups attached to an aromatic ring is 1. The summed E-state index contributed by atoms with van der Waals surface area (Å²) < 4.78 is 0. The van der Waals surface area contributed by atoms with Crippen molar-refractivity contribution in [1.82, 2.24) is 20.6 Å². The number of nitrogens with two attached hydrogens (primary N) is 1. The summed E-state index contributed by atoms with van der Waals surface area (Å²) in [6.07, 6.45) is 3.99. The second-order valence-corrected chi connectivity index (χ2v) is 5.90. The highest BCUT2D eigenvalue weighted by atomic mass is 16.2. The zero-order chi connectivity index (χ0) is 17.4. The molecule has 2 aromatic rings. The van der Waals surface area contributed by atoms with Gasteiger partial charge in [-0.1, -0.05) is 12.1 Å². The molecular formula is C17H16N6O2. The van der Waals surface area contributed by atoms with E-state index in [0.717, 1.165) is 18.7 Å². The van der Waals surface area contributed by atoms with Gasteiger partial charge in [0.15, 0.2) is 0 Å². The van der Waals surface area contributed by atoms with E-state index in [-0.39, 0.29) is 5.70 Å². The van der Waals surface area contributed by atoms with Gasteiger partial charge in [0.2, 0.25) is 5.95 Å². The lowest BCUT2D eigenvalue weighted by Gasteiger charge is -2.29. The van der Waals surface area contributed by atoms with Crippen LogP contribution in [0.25, 0.3) is 6.08 Å². The van der Waals surface area contributed by atoms with E-state index in [9.17, 15) is 9.59 Å². The molecule has 126 valence electrons. The smallest absolute Gasteiger partial charge is 0.326 e. The van der Waals surface area contributed by atoms with Crippen molar-refractivity contribution in [3.63, 3.8) is 0 Å². The van der Waals surface area contributed by atoms with E-state index in [1.165, 1.54) is 17.2 Å². The second kappa shape index (κ2) is 5.90. The molecule has 1 saturated heterocycles. The number of urea groups is 1. The zero-order valence-electron chi connectivity index (χ0n) is 13.3. The van der Waals surface area contributed by atoms with E-state index in [2.05, 4.69) is 31.6 Å². The molecule has 8 nitrogen and oxygen atoms in total. The predicted molar refractivity (Wildman–Crippen MR) is 92.3 cm³/mol. The van der Waals surface area contributed by atoms with Crippen molar-refractivity contribution in [2.45, 2.75) is 13.0 Å². The summed E-state index contributed by atoms with van der Waals surface area (Å²) in [7, 11) is 0. The average molecular weight is 336 g/mol. The molecule has 0 bridgehead atoms. The van der Waals surface area contributed by atoms with Crippen LogP contribution in [0.1, 0.15) is 16.8 Å². The lowest BCUT2D eigenvalue weighted by Crippen LogP contribution is -2.32. The molecular weight excluding hydrogens is 320 g/mol. The van der Waals surface area contributed by atoms with Gasteiger partial charge in [0.05, 0.1) is 5.69 Å². The SMILES string of the molecule is Nc1cccc2c1CCN(c1nccc(/C=C3\NC(=O)NC3=O)n1)C2. The summed E-state index contributed by atoms with van der Waals surface area (Å²) in [6.45, 7) is 1.44. The number of fused-ring (bicyclic) bond motifs is 1. The molecule has 0 atom stereocenters. The number of hydrogen-bond donors (Lipinski definition) is 3. The number of imide groups is 1. The van der Waals surface area contributed by atoms with E-state index in [1.807, 2.05) is 12.1 Å². The molecule has 1 aromatic carbocycles. The normalized spacial score (nSPS) is 18.1. The summed E-state index contributed by atoms with van der Waals surface area (Å²) in [4.78, 5) is 33.7. The molecule has 0 spiro atoms. The molecule has 0 aliphatic carbocycles. The maximum Gasteiger partial charge on any atom is 0.326 e. The largest absolute Gasteiger partial charge is 0.398 e. The molecule has 3 amide bonds. The molecule has 8 heteroatoms. The fourth-order valence-corrected chi connectivity index (χ4v) is 3.03. The predicted octanol–water partition coefficient (Wildman–Crippen LogP) is 0.802. The average Bonchev–Trinajstić information content (AvgIpc) is 2.92. The van der Waals surface area contributed by atoms with Crippen LogP contribution in [0, 0.1) is 0 Å².